The summed E-state index contributed by atoms with van der Waals surface area (Å²) in [6, 6.07) is 0. The zero-order valence-corrected chi connectivity index (χ0v) is 12.6. The van der Waals surface area contributed by atoms with Crippen molar-refractivity contribution in [3.63, 3.8) is 0 Å². The van der Waals surface area contributed by atoms with Gasteiger partial charge in [0, 0.05) is 26.3 Å². The fourth-order valence-corrected chi connectivity index (χ4v) is 2.29. The van der Waals surface area contributed by atoms with Gasteiger partial charge in [-0.15, -0.1) is 0 Å². The van der Waals surface area contributed by atoms with E-state index >= 15 is 0 Å². The van der Waals surface area contributed by atoms with Gasteiger partial charge in [-0.3, -0.25) is 0 Å². The molecule has 4 nitrogen and oxygen atoms in total. The Kier molecular flexibility index (Phi) is 9.43. The molecule has 1 fully saturated rings. The highest BCUT2D eigenvalue weighted by Gasteiger charge is 2.13. The fraction of sp³-hybridized carbons (Fsp3) is 1.00. The van der Waals surface area contributed by atoms with Crippen molar-refractivity contribution in [1.29, 1.82) is 0 Å². The lowest BCUT2D eigenvalue weighted by atomic mass is 10.0. The smallest absolute Gasteiger partial charge is 0.0897 e. The lowest BCUT2D eigenvalue weighted by molar-refractivity contribution is 0.0299. The first-order chi connectivity index (χ1) is 9.18. The third-order valence-electron chi connectivity index (χ3n) is 3.45. The van der Waals surface area contributed by atoms with Crippen molar-refractivity contribution in [2.45, 2.75) is 45.6 Å². The molecule has 1 aliphatic rings. The molecule has 0 amide bonds. The van der Waals surface area contributed by atoms with Crippen LogP contribution < -0.4 is 5.32 Å². The van der Waals surface area contributed by atoms with Gasteiger partial charge in [-0.05, 0) is 37.5 Å². The molecule has 0 spiro atoms. The second-order valence-electron chi connectivity index (χ2n) is 6.01. The molecule has 4 heteroatoms. The van der Waals surface area contributed by atoms with Gasteiger partial charge in [0.25, 0.3) is 0 Å². The Morgan fingerprint density at radius 2 is 2.26 bits per heavy atom. The normalized spacial score (nSPS) is 21.8. The minimum atomic E-state index is -0.399. The standard InChI is InChI=1S/C15H31NO3/c1-13(2)5-3-7-19-12-15(17)10-16-9-14-6-4-8-18-11-14/h13-17H,3-12H2,1-2H3. The van der Waals surface area contributed by atoms with Crippen molar-refractivity contribution in [3.05, 3.63) is 0 Å². The number of hydrogen-bond donors (Lipinski definition) is 2. The molecule has 1 heterocycles. The molecule has 0 aromatic carbocycles. The van der Waals surface area contributed by atoms with Crippen LogP contribution in [0.3, 0.4) is 0 Å². The van der Waals surface area contributed by atoms with Crippen molar-refractivity contribution in [1.82, 2.24) is 5.32 Å². The van der Waals surface area contributed by atoms with Crippen LogP contribution in [-0.2, 0) is 9.47 Å². The maximum Gasteiger partial charge on any atom is 0.0897 e. The third kappa shape index (κ3) is 9.38. The van der Waals surface area contributed by atoms with E-state index in [4.69, 9.17) is 9.47 Å². The summed E-state index contributed by atoms with van der Waals surface area (Å²) in [6.45, 7) is 8.93. The molecule has 19 heavy (non-hydrogen) atoms. The molecule has 1 rings (SSSR count). The van der Waals surface area contributed by atoms with Gasteiger partial charge in [0.1, 0.15) is 0 Å². The van der Waals surface area contributed by atoms with Crippen LogP contribution in [0.1, 0.15) is 39.5 Å². The average Bonchev–Trinajstić information content (AvgIpc) is 2.39. The molecule has 1 aliphatic heterocycles. The molecule has 0 saturated carbocycles. The van der Waals surface area contributed by atoms with E-state index in [2.05, 4.69) is 19.2 Å². The molecule has 2 N–H and O–H groups in total. The predicted octanol–water partition coefficient (Wildman–Crippen LogP) is 1.82. The summed E-state index contributed by atoms with van der Waals surface area (Å²) in [5, 5.41) is 13.1. The first kappa shape index (κ1) is 16.9. The van der Waals surface area contributed by atoms with Gasteiger partial charge in [0.2, 0.25) is 0 Å². The van der Waals surface area contributed by atoms with E-state index in [1.165, 1.54) is 12.8 Å². The molecule has 2 unspecified atom stereocenters. The van der Waals surface area contributed by atoms with Gasteiger partial charge in [0.05, 0.1) is 19.3 Å². The van der Waals surface area contributed by atoms with Gasteiger partial charge < -0.3 is 19.9 Å². The lowest BCUT2D eigenvalue weighted by Crippen LogP contribution is -2.35. The van der Waals surface area contributed by atoms with Crippen LogP contribution in [0.25, 0.3) is 0 Å². The molecule has 0 radical (unpaired) electrons. The number of hydrogen-bond acceptors (Lipinski definition) is 4. The van der Waals surface area contributed by atoms with E-state index in [-0.39, 0.29) is 0 Å². The second-order valence-corrected chi connectivity index (χ2v) is 6.01. The van der Waals surface area contributed by atoms with E-state index in [9.17, 15) is 5.11 Å². The maximum absolute atomic E-state index is 9.77. The van der Waals surface area contributed by atoms with Crippen LogP contribution in [0.2, 0.25) is 0 Å². The highest BCUT2D eigenvalue weighted by Crippen LogP contribution is 2.11. The Bertz CT molecular complexity index is 206. The lowest BCUT2D eigenvalue weighted by Gasteiger charge is -2.23. The monoisotopic (exact) mass is 273 g/mol. The SMILES string of the molecule is CC(C)CCCOCC(O)CNCC1CCCOC1. The molecule has 0 bridgehead atoms. The zero-order chi connectivity index (χ0) is 13.9. The van der Waals surface area contributed by atoms with Crippen LogP contribution >= 0.6 is 0 Å². The molecule has 0 aromatic rings. The number of ether oxygens (including phenoxy) is 2. The highest BCUT2D eigenvalue weighted by atomic mass is 16.5. The summed E-state index contributed by atoms with van der Waals surface area (Å²) >= 11 is 0. The summed E-state index contributed by atoms with van der Waals surface area (Å²) in [5.74, 6) is 1.33. The van der Waals surface area contributed by atoms with Gasteiger partial charge in [0.15, 0.2) is 0 Å². The van der Waals surface area contributed by atoms with Crippen LogP contribution in [0.15, 0.2) is 0 Å². The van der Waals surface area contributed by atoms with E-state index in [0.717, 1.165) is 45.1 Å². The molecule has 2 atom stereocenters. The molecular formula is C15H31NO3. The van der Waals surface area contributed by atoms with Crippen molar-refractivity contribution in [2.75, 3.05) is 39.5 Å². The van der Waals surface area contributed by atoms with Crippen LogP contribution in [0.4, 0.5) is 0 Å². The van der Waals surface area contributed by atoms with Gasteiger partial charge >= 0.3 is 0 Å². The number of aliphatic hydroxyl groups is 1. The van der Waals surface area contributed by atoms with Crippen LogP contribution in [0.5, 0.6) is 0 Å². The second kappa shape index (κ2) is 10.6. The minimum Gasteiger partial charge on any atom is -0.389 e. The number of nitrogens with one attached hydrogen (secondary N) is 1. The van der Waals surface area contributed by atoms with Crippen LogP contribution in [0, 0.1) is 11.8 Å². The van der Waals surface area contributed by atoms with Gasteiger partial charge in [-0.2, -0.15) is 0 Å². The molecule has 0 aliphatic carbocycles. The largest absolute Gasteiger partial charge is 0.389 e. The average molecular weight is 273 g/mol. The number of rotatable bonds is 10. The Labute approximate surface area is 117 Å². The first-order valence-corrected chi connectivity index (χ1v) is 7.72. The Morgan fingerprint density at radius 1 is 1.42 bits per heavy atom. The van der Waals surface area contributed by atoms with E-state index in [1.807, 2.05) is 0 Å². The van der Waals surface area contributed by atoms with E-state index < -0.39 is 6.10 Å². The van der Waals surface area contributed by atoms with E-state index in [1.54, 1.807) is 0 Å². The summed E-state index contributed by atoms with van der Waals surface area (Å²) in [4.78, 5) is 0. The first-order valence-electron chi connectivity index (χ1n) is 7.72. The van der Waals surface area contributed by atoms with Crippen LogP contribution in [-0.4, -0.2) is 50.7 Å². The molecule has 1 saturated heterocycles. The fourth-order valence-electron chi connectivity index (χ4n) is 2.29. The summed E-state index contributed by atoms with van der Waals surface area (Å²) in [5.41, 5.74) is 0. The predicted molar refractivity (Wildman–Crippen MR) is 77.3 cm³/mol. The highest BCUT2D eigenvalue weighted by molar-refractivity contribution is 4.67. The maximum atomic E-state index is 9.77. The molecular weight excluding hydrogens is 242 g/mol. The summed E-state index contributed by atoms with van der Waals surface area (Å²) in [7, 11) is 0. The van der Waals surface area contributed by atoms with Crippen molar-refractivity contribution < 1.29 is 14.6 Å². The van der Waals surface area contributed by atoms with Gasteiger partial charge in [-0.1, -0.05) is 13.8 Å². The topological polar surface area (TPSA) is 50.7 Å². The summed E-state index contributed by atoms with van der Waals surface area (Å²) < 4.78 is 10.9. The zero-order valence-electron chi connectivity index (χ0n) is 12.6. The number of aliphatic hydroxyl groups excluding tert-OH is 1. The van der Waals surface area contributed by atoms with Crippen molar-refractivity contribution in [3.8, 4) is 0 Å². The Balaban J connectivity index is 1.88. The molecule has 114 valence electrons. The Morgan fingerprint density at radius 3 is 2.95 bits per heavy atom. The van der Waals surface area contributed by atoms with Crippen molar-refractivity contribution in [2.24, 2.45) is 11.8 Å². The van der Waals surface area contributed by atoms with Crippen molar-refractivity contribution >= 4 is 0 Å². The quantitative estimate of drug-likeness (QED) is 0.596. The molecule has 0 aromatic heterocycles. The Hall–Kier alpha value is -0.160. The van der Waals surface area contributed by atoms with E-state index in [0.29, 0.717) is 19.1 Å². The summed E-state index contributed by atoms with van der Waals surface area (Å²) in [6.07, 6.45) is 4.26. The minimum absolute atomic E-state index is 0.399. The third-order valence-corrected chi connectivity index (χ3v) is 3.45. The van der Waals surface area contributed by atoms with Gasteiger partial charge in [-0.25, -0.2) is 0 Å².